The highest BCUT2D eigenvalue weighted by molar-refractivity contribution is 7.15. The second kappa shape index (κ2) is 11.2. The maximum Gasteiger partial charge on any atom is 0.341 e. The van der Waals surface area contributed by atoms with Crippen LogP contribution >= 0.6 is 11.3 Å². The van der Waals surface area contributed by atoms with Crippen molar-refractivity contribution in [3.05, 3.63) is 77.7 Å². The van der Waals surface area contributed by atoms with Crippen LogP contribution in [0.25, 0.3) is 11.1 Å². The molecule has 1 heterocycles. The quantitative estimate of drug-likeness (QED) is 0.332. The lowest BCUT2D eigenvalue weighted by Gasteiger charge is -2.11. The third-order valence-corrected chi connectivity index (χ3v) is 5.52. The van der Waals surface area contributed by atoms with Gasteiger partial charge in [0.25, 0.3) is 5.91 Å². The largest absolute Gasteiger partial charge is 0.497 e. The third kappa shape index (κ3) is 5.56. The van der Waals surface area contributed by atoms with Gasteiger partial charge >= 0.3 is 5.97 Å². The van der Waals surface area contributed by atoms with Crippen molar-refractivity contribution in [3.8, 4) is 22.6 Å². The minimum atomic E-state index is -0.493. The molecule has 166 valence electrons. The zero-order valence-corrected chi connectivity index (χ0v) is 18.9. The predicted molar refractivity (Wildman–Crippen MR) is 127 cm³/mol. The number of carbonyl (C=O) groups is 2. The van der Waals surface area contributed by atoms with Crippen molar-refractivity contribution in [1.29, 1.82) is 0 Å². The van der Waals surface area contributed by atoms with Gasteiger partial charge in [-0.05, 0) is 42.7 Å². The smallest absolute Gasteiger partial charge is 0.341 e. The molecule has 0 bridgehead atoms. The second-order valence-corrected chi connectivity index (χ2v) is 7.62. The van der Waals surface area contributed by atoms with E-state index in [2.05, 4.69) is 11.9 Å². The van der Waals surface area contributed by atoms with Gasteiger partial charge in [-0.3, -0.25) is 4.79 Å². The molecule has 0 aliphatic carbocycles. The number of rotatable bonds is 10. The van der Waals surface area contributed by atoms with Gasteiger partial charge in [0.05, 0.1) is 13.7 Å². The molecule has 0 aliphatic rings. The molecular weight excluding hydrogens is 426 g/mol. The monoisotopic (exact) mass is 451 g/mol. The highest BCUT2D eigenvalue weighted by atomic mass is 32.1. The van der Waals surface area contributed by atoms with E-state index in [9.17, 15) is 9.59 Å². The molecule has 0 atom stereocenters. The van der Waals surface area contributed by atoms with Gasteiger partial charge in [-0.15, -0.1) is 17.9 Å². The molecule has 6 nitrogen and oxygen atoms in total. The van der Waals surface area contributed by atoms with Crippen molar-refractivity contribution >= 4 is 28.2 Å². The van der Waals surface area contributed by atoms with Gasteiger partial charge in [0, 0.05) is 10.9 Å². The Balaban J connectivity index is 1.79. The summed E-state index contributed by atoms with van der Waals surface area (Å²) < 4.78 is 16.1. The Morgan fingerprint density at radius 3 is 2.56 bits per heavy atom. The number of para-hydroxylation sites is 1. The standard InChI is InChI=1S/C25H25NO5S/c1-4-8-18-9-6-7-10-21(18)31-15-22(27)26-24-23(25(28)30-5-2)20(16-32-24)17-11-13-19(29-3)14-12-17/h4,6-7,9-14,16H,1,5,8,15H2,2-3H3,(H,26,27). The second-order valence-electron chi connectivity index (χ2n) is 6.74. The van der Waals surface area contributed by atoms with Gasteiger partial charge in [-0.2, -0.15) is 0 Å². The maximum atomic E-state index is 12.7. The first-order valence-electron chi connectivity index (χ1n) is 10.1. The van der Waals surface area contributed by atoms with E-state index < -0.39 is 5.97 Å². The van der Waals surface area contributed by atoms with Crippen LogP contribution in [0.3, 0.4) is 0 Å². The molecule has 32 heavy (non-hydrogen) atoms. The van der Waals surface area contributed by atoms with Crippen LogP contribution < -0.4 is 14.8 Å². The van der Waals surface area contributed by atoms with E-state index in [1.807, 2.05) is 53.9 Å². The first-order chi connectivity index (χ1) is 15.6. The molecule has 0 radical (unpaired) electrons. The minimum absolute atomic E-state index is 0.188. The van der Waals surface area contributed by atoms with Crippen LogP contribution in [-0.4, -0.2) is 32.2 Å². The van der Waals surface area contributed by atoms with Gasteiger partial charge < -0.3 is 19.5 Å². The molecule has 0 fully saturated rings. The molecular formula is C25H25NO5S. The number of benzene rings is 2. The Labute approximate surface area is 191 Å². The fraction of sp³-hybridized carbons (Fsp3) is 0.200. The van der Waals surface area contributed by atoms with Crippen LogP contribution in [0.4, 0.5) is 5.00 Å². The van der Waals surface area contributed by atoms with Crippen molar-refractivity contribution in [1.82, 2.24) is 0 Å². The van der Waals surface area contributed by atoms with Crippen LogP contribution in [0.2, 0.25) is 0 Å². The number of hydrogen-bond acceptors (Lipinski definition) is 6. The molecule has 0 saturated carbocycles. The number of anilines is 1. The van der Waals surface area contributed by atoms with E-state index >= 15 is 0 Å². The summed E-state index contributed by atoms with van der Waals surface area (Å²) >= 11 is 1.26. The Morgan fingerprint density at radius 1 is 1.12 bits per heavy atom. The number of thiophene rings is 1. The van der Waals surface area contributed by atoms with Crippen LogP contribution in [0.1, 0.15) is 22.8 Å². The van der Waals surface area contributed by atoms with Crippen molar-refractivity contribution in [2.24, 2.45) is 0 Å². The average molecular weight is 452 g/mol. The molecule has 1 amide bonds. The Hall–Kier alpha value is -3.58. The SMILES string of the molecule is C=CCc1ccccc1OCC(=O)Nc1scc(-c2ccc(OC)cc2)c1C(=O)OCC. The molecule has 7 heteroatoms. The molecule has 2 aromatic carbocycles. The number of hydrogen-bond donors (Lipinski definition) is 1. The van der Waals surface area contributed by atoms with Gasteiger partial charge in [0.15, 0.2) is 6.61 Å². The van der Waals surface area contributed by atoms with E-state index in [1.165, 1.54) is 11.3 Å². The van der Waals surface area contributed by atoms with Crippen molar-refractivity contribution in [2.45, 2.75) is 13.3 Å². The number of ether oxygens (including phenoxy) is 3. The van der Waals surface area contributed by atoms with E-state index in [-0.39, 0.29) is 19.1 Å². The fourth-order valence-corrected chi connectivity index (χ4v) is 4.09. The lowest BCUT2D eigenvalue weighted by Crippen LogP contribution is -2.21. The average Bonchev–Trinajstić information content (AvgIpc) is 3.22. The lowest BCUT2D eigenvalue weighted by atomic mass is 10.0. The Kier molecular flexibility index (Phi) is 8.05. The maximum absolute atomic E-state index is 12.7. The summed E-state index contributed by atoms with van der Waals surface area (Å²) in [6, 6.07) is 14.8. The molecule has 3 rings (SSSR count). The fourth-order valence-electron chi connectivity index (χ4n) is 3.11. The first kappa shape index (κ1) is 23.1. The molecule has 0 unspecified atom stereocenters. The summed E-state index contributed by atoms with van der Waals surface area (Å²) in [5.41, 5.74) is 2.77. The Bertz CT molecular complexity index is 1090. The molecule has 0 aliphatic heterocycles. The highest BCUT2D eigenvalue weighted by Gasteiger charge is 2.23. The van der Waals surface area contributed by atoms with Crippen LogP contribution in [0.5, 0.6) is 11.5 Å². The summed E-state index contributed by atoms with van der Waals surface area (Å²) in [7, 11) is 1.59. The number of esters is 1. The molecule has 3 aromatic rings. The van der Waals surface area contributed by atoms with Crippen LogP contribution in [0, 0.1) is 0 Å². The molecule has 0 saturated heterocycles. The van der Waals surface area contributed by atoms with Crippen molar-refractivity contribution < 1.29 is 23.8 Å². The summed E-state index contributed by atoms with van der Waals surface area (Å²) in [4.78, 5) is 25.3. The zero-order chi connectivity index (χ0) is 22.9. The van der Waals surface area contributed by atoms with Crippen molar-refractivity contribution in [2.75, 3.05) is 25.6 Å². The molecule has 0 spiro atoms. The van der Waals surface area contributed by atoms with Gasteiger partial charge in [0.2, 0.25) is 0 Å². The number of amides is 1. The van der Waals surface area contributed by atoms with Gasteiger partial charge in [0.1, 0.15) is 22.1 Å². The topological polar surface area (TPSA) is 73.9 Å². The zero-order valence-electron chi connectivity index (χ0n) is 18.1. The molecule has 1 N–H and O–H groups in total. The lowest BCUT2D eigenvalue weighted by molar-refractivity contribution is -0.118. The van der Waals surface area contributed by atoms with Crippen LogP contribution in [-0.2, 0) is 16.0 Å². The molecule has 1 aromatic heterocycles. The third-order valence-electron chi connectivity index (χ3n) is 4.62. The number of methoxy groups -OCH3 is 1. The van der Waals surface area contributed by atoms with Crippen molar-refractivity contribution in [3.63, 3.8) is 0 Å². The predicted octanol–water partition coefficient (Wildman–Crippen LogP) is 5.35. The van der Waals surface area contributed by atoms with Gasteiger partial charge in [-0.25, -0.2) is 4.79 Å². The summed E-state index contributed by atoms with van der Waals surface area (Å²) in [6.07, 6.45) is 2.42. The number of carbonyl (C=O) groups excluding carboxylic acids is 2. The summed E-state index contributed by atoms with van der Waals surface area (Å²) in [5.74, 6) is 0.474. The minimum Gasteiger partial charge on any atom is -0.497 e. The van der Waals surface area contributed by atoms with E-state index in [0.717, 1.165) is 11.1 Å². The summed E-state index contributed by atoms with van der Waals surface area (Å²) in [6.45, 7) is 5.52. The van der Waals surface area contributed by atoms with E-state index in [4.69, 9.17) is 14.2 Å². The van der Waals surface area contributed by atoms with E-state index in [1.54, 1.807) is 20.1 Å². The van der Waals surface area contributed by atoms with Gasteiger partial charge in [-0.1, -0.05) is 36.4 Å². The van der Waals surface area contributed by atoms with Crippen LogP contribution in [0.15, 0.2) is 66.6 Å². The highest BCUT2D eigenvalue weighted by Crippen LogP contribution is 2.37. The van der Waals surface area contributed by atoms with E-state index in [0.29, 0.717) is 34.0 Å². The normalized spacial score (nSPS) is 10.3. The summed E-state index contributed by atoms with van der Waals surface area (Å²) in [5, 5.41) is 5.04. The Morgan fingerprint density at radius 2 is 1.88 bits per heavy atom. The number of nitrogens with one attached hydrogen (secondary N) is 1. The first-order valence-corrected chi connectivity index (χ1v) is 11.0. The number of allylic oxidation sites excluding steroid dienone is 1.